The van der Waals surface area contributed by atoms with Crippen molar-refractivity contribution in [3.63, 3.8) is 0 Å². The first kappa shape index (κ1) is 12.2. The third-order valence-electron chi connectivity index (χ3n) is 1.90. The number of nitrogens with zero attached hydrogens (tertiary/aromatic N) is 2. The van der Waals surface area contributed by atoms with Crippen LogP contribution in [0.15, 0.2) is 6.07 Å². The second kappa shape index (κ2) is 5.28. The van der Waals surface area contributed by atoms with Crippen LogP contribution in [0, 0.1) is 0 Å². The number of anilines is 1. The first-order chi connectivity index (χ1) is 7.02. The molecule has 1 aromatic rings. The Bertz CT molecular complexity index is 330. The fourth-order valence-electron chi connectivity index (χ4n) is 1.07. The largest absolute Gasteiger partial charge is 0.394 e. The summed E-state index contributed by atoms with van der Waals surface area (Å²) in [5, 5.41) is 12.4. The minimum atomic E-state index is -0.0454. The van der Waals surface area contributed by atoms with Crippen LogP contribution in [0.2, 0.25) is 5.15 Å². The van der Waals surface area contributed by atoms with Crippen LogP contribution in [0.4, 0.5) is 5.82 Å². The highest BCUT2D eigenvalue weighted by atomic mass is 35.5. The van der Waals surface area contributed by atoms with E-state index >= 15 is 0 Å². The number of hydrogen-bond acceptors (Lipinski definition) is 4. The maximum atomic E-state index is 8.90. The molecule has 1 rings (SSSR count). The molecule has 1 unspecified atom stereocenters. The second-order valence-electron chi connectivity index (χ2n) is 3.82. The van der Waals surface area contributed by atoms with E-state index < -0.39 is 0 Å². The molecule has 5 heteroatoms. The van der Waals surface area contributed by atoms with Gasteiger partial charge < -0.3 is 10.4 Å². The van der Waals surface area contributed by atoms with E-state index in [-0.39, 0.29) is 18.6 Å². The molecule has 4 nitrogen and oxygen atoms in total. The lowest BCUT2D eigenvalue weighted by Crippen LogP contribution is -2.20. The highest BCUT2D eigenvalue weighted by Crippen LogP contribution is 2.17. The molecule has 1 heterocycles. The van der Waals surface area contributed by atoms with Gasteiger partial charge in [-0.2, -0.15) is 0 Å². The van der Waals surface area contributed by atoms with Gasteiger partial charge in [0.15, 0.2) is 0 Å². The highest BCUT2D eigenvalue weighted by molar-refractivity contribution is 6.29. The third-order valence-corrected chi connectivity index (χ3v) is 2.09. The molecule has 1 atom stereocenters. The van der Waals surface area contributed by atoms with Gasteiger partial charge in [-0.3, -0.25) is 0 Å². The van der Waals surface area contributed by atoms with E-state index in [1.807, 2.05) is 20.8 Å². The molecule has 0 saturated carbocycles. The van der Waals surface area contributed by atoms with Gasteiger partial charge in [-0.1, -0.05) is 25.4 Å². The van der Waals surface area contributed by atoms with Crippen LogP contribution in [0.25, 0.3) is 0 Å². The van der Waals surface area contributed by atoms with Crippen molar-refractivity contribution in [2.75, 3.05) is 11.9 Å². The number of rotatable bonds is 4. The molecule has 2 N–H and O–H groups in total. The standard InChI is InChI=1S/C10H16ClN3O/c1-6(2)10-13-8(11)4-9(14-10)12-7(3)5-15/h4,6-7,15H,5H2,1-3H3,(H,12,13,14). The Balaban J connectivity index is 2.88. The fraction of sp³-hybridized carbons (Fsp3) is 0.600. The van der Waals surface area contributed by atoms with Crippen molar-refractivity contribution >= 4 is 17.4 Å². The lowest BCUT2D eigenvalue weighted by atomic mass is 10.2. The summed E-state index contributed by atoms with van der Waals surface area (Å²) in [7, 11) is 0. The predicted octanol–water partition coefficient (Wildman–Crippen LogP) is 2.05. The summed E-state index contributed by atoms with van der Waals surface area (Å²) in [6.07, 6.45) is 0. The van der Waals surface area contributed by atoms with Crippen LogP contribution in [-0.2, 0) is 0 Å². The smallest absolute Gasteiger partial charge is 0.135 e. The SMILES string of the molecule is CC(CO)Nc1cc(Cl)nc(C(C)C)n1. The molecular weight excluding hydrogens is 214 g/mol. The van der Waals surface area contributed by atoms with Gasteiger partial charge >= 0.3 is 0 Å². The Labute approximate surface area is 94.7 Å². The summed E-state index contributed by atoms with van der Waals surface area (Å²) in [6, 6.07) is 1.61. The third kappa shape index (κ3) is 3.64. The molecule has 0 aliphatic carbocycles. The normalized spacial score (nSPS) is 12.9. The molecule has 0 aliphatic heterocycles. The van der Waals surface area contributed by atoms with Crippen molar-refractivity contribution in [1.82, 2.24) is 9.97 Å². The molecular formula is C10H16ClN3O. The van der Waals surface area contributed by atoms with Crippen molar-refractivity contribution in [2.45, 2.75) is 32.7 Å². The molecule has 0 aliphatic rings. The summed E-state index contributed by atoms with van der Waals surface area (Å²) in [5.74, 6) is 1.59. The molecule has 0 aromatic carbocycles. The molecule has 0 amide bonds. The maximum absolute atomic E-state index is 8.90. The van der Waals surface area contributed by atoms with E-state index in [0.717, 1.165) is 0 Å². The summed E-state index contributed by atoms with van der Waals surface area (Å²) >= 11 is 5.87. The zero-order valence-corrected chi connectivity index (χ0v) is 9.91. The zero-order valence-electron chi connectivity index (χ0n) is 9.16. The van der Waals surface area contributed by atoms with Crippen LogP contribution in [0.1, 0.15) is 32.5 Å². The Morgan fingerprint density at radius 3 is 2.60 bits per heavy atom. The van der Waals surface area contributed by atoms with Gasteiger partial charge in [-0.05, 0) is 6.92 Å². The lowest BCUT2D eigenvalue weighted by molar-refractivity contribution is 0.281. The minimum absolute atomic E-state index is 0.0454. The van der Waals surface area contributed by atoms with E-state index in [1.54, 1.807) is 6.07 Å². The van der Waals surface area contributed by atoms with Crippen LogP contribution in [0.5, 0.6) is 0 Å². The first-order valence-corrected chi connectivity index (χ1v) is 5.32. The Kier molecular flexibility index (Phi) is 4.29. The average molecular weight is 230 g/mol. The molecule has 84 valence electrons. The fourth-order valence-corrected chi connectivity index (χ4v) is 1.26. The van der Waals surface area contributed by atoms with E-state index in [1.165, 1.54) is 0 Å². The van der Waals surface area contributed by atoms with Gasteiger partial charge in [-0.15, -0.1) is 0 Å². The van der Waals surface area contributed by atoms with E-state index in [0.29, 0.717) is 16.8 Å². The quantitative estimate of drug-likeness (QED) is 0.776. The number of halogens is 1. The highest BCUT2D eigenvalue weighted by Gasteiger charge is 2.08. The minimum Gasteiger partial charge on any atom is -0.394 e. The van der Waals surface area contributed by atoms with Gasteiger partial charge in [0.05, 0.1) is 6.61 Å². The molecule has 0 fully saturated rings. The van der Waals surface area contributed by atoms with Crippen LogP contribution in [0.3, 0.4) is 0 Å². The molecule has 1 aromatic heterocycles. The van der Waals surface area contributed by atoms with Crippen molar-refractivity contribution in [1.29, 1.82) is 0 Å². The monoisotopic (exact) mass is 229 g/mol. The van der Waals surface area contributed by atoms with Crippen molar-refractivity contribution in [2.24, 2.45) is 0 Å². The number of hydrogen-bond donors (Lipinski definition) is 2. The predicted molar refractivity (Wildman–Crippen MR) is 61.3 cm³/mol. The Hall–Kier alpha value is -0.870. The number of aliphatic hydroxyl groups is 1. The van der Waals surface area contributed by atoms with E-state index in [2.05, 4.69) is 15.3 Å². The zero-order chi connectivity index (χ0) is 11.4. The second-order valence-corrected chi connectivity index (χ2v) is 4.20. The van der Waals surface area contributed by atoms with Crippen LogP contribution in [-0.4, -0.2) is 27.7 Å². The molecule has 0 bridgehead atoms. The number of aromatic nitrogens is 2. The summed E-state index contributed by atoms with van der Waals surface area (Å²) in [4.78, 5) is 8.42. The molecule has 0 spiro atoms. The van der Waals surface area contributed by atoms with Crippen molar-refractivity contribution in [3.8, 4) is 0 Å². The van der Waals surface area contributed by atoms with Crippen LogP contribution >= 0.6 is 11.6 Å². The van der Waals surface area contributed by atoms with Gasteiger partial charge in [0, 0.05) is 18.0 Å². The van der Waals surface area contributed by atoms with Gasteiger partial charge in [-0.25, -0.2) is 9.97 Å². The maximum Gasteiger partial charge on any atom is 0.135 e. The molecule has 0 saturated heterocycles. The van der Waals surface area contributed by atoms with Crippen molar-refractivity contribution < 1.29 is 5.11 Å². The first-order valence-electron chi connectivity index (χ1n) is 4.94. The van der Waals surface area contributed by atoms with E-state index in [9.17, 15) is 0 Å². The topological polar surface area (TPSA) is 58.0 Å². The lowest BCUT2D eigenvalue weighted by Gasteiger charge is -2.13. The Morgan fingerprint density at radius 2 is 2.07 bits per heavy atom. The number of aliphatic hydroxyl groups excluding tert-OH is 1. The van der Waals surface area contributed by atoms with E-state index in [4.69, 9.17) is 16.7 Å². The summed E-state index contributed by atoms with van der Waals surface area (Å²) in [6.45, 7) is 5.93. The van der Waals surface area contributed by atoms with Crippen molar-refractivity contribution in [3.05, 3.63) is 17.0 Å². The van der Waals surface area contributed by atoms with Gasteiger partial charge in [0.2, 0.25) is 0 Å². The van der Waals surface area contributed by atoms with Gasteiger partial charge in [0.1, 0.15) is 16.8 Å². The molecule has 0 radical (unpaired) electrons. The average Bonchev–Trinajstić information content (AvgIpc) is 2.16. The Morgan fingerprint density at radius 1 is 1.40 bits per heavy atom. The summed E-state index contributed by atoms with van der Waals surface area (Å²) in [5.41, 5.74) is 0. The summed E-state index contributed by atoms with van der Waals surface area (Å²) < 4.78 is 0. The molecule has 15 heavy (non-hydrogen) atoms. The van der Waals surface area contributed by atoms with Crippen LogP contribution < -0.4 is 5.32 Å². The number of nitrogens with one attached hydrogen (secondary N) is 1. The van der Waals surface area contributed by atoms with Gasteiger partial charge in [0.25, 0.3) is 0 Å².